The topological polar surface area (TPSA) is 9.23 Å². The fraction of sp³-hybridized carbons (Fsp3) is 0.538. The first-order valence-electron chi connectivity index (χ1n) is 5.46. The molecule has 0 radical (unpaired) electrons. The highest BCUT2D eigenvalue weighted by molar-refractivity contribution is 9.10. The van der Waals surface area contributed by atoms with E-state index >= 15 is 0 Å². The minimum Gasteiger partial charge on any atom is -0.496 e. The fourth-order valence-corrected chi connectivity index (χ4v) is 3.17. The Labute approximate surface area is 115 Å². The van der Waals surface area contributed by atoms with Crippen LogP contribution in [0.25, 0.3) is 0 Å². The summed E-state index contributed by atoms with van der Waals surface area (Å²) < 4.78 is 6.25. The average Bonchev–Trinajstić information content (AvgIpc) is 2.25. The number of halogens is 2. The van der Waals surface area contributed by atoms with Crippen LogP contribution in [0.1, 0.15) is 19.4 Å². The summed E-state index contributed by atoms with van der Waals surface area (Å²) in [6, 6.07) is 6.31. The maximum absolute atomic E-state index is 5.22. The van der Waals surface area contributed by atoms with Gasteiger partial charge in [-0.2, -0.15) is 0 Å². The van der Waals surface area contributed by atoms with Crippen LogP contribution in [0.15, 0.2) is 22.7 Å². The third-order valence-corrected chi connectivity index (χ3v) is 4.31. The van der Waals surface area contributed by atoms with Crippen LogP contribution in [-0.2, 0) is 6.42 Å². The molecule has 0 aliphatic heterocycles. The number of benzene rings is 1. The molecule has 1 atom stereocenters. The number of alkyl halides is 1. The quantitative estimate of drug-likeness (QED) is 0.702. The van der Waals surface area contributed by atoms with E-state index in [-0.39, 0.29) is 0 Å². The summed E-state index contributed by atoms with van der Waals surface area (Å²) in [5.41, 5.74) is 1.35. The van der Waals surface area contributed by atoms with Gasteiger partial charge in [0.15, 0.2) is 0 Å². The lowest BCUT2D eigenvalue weighted by Crippen LogP contribution is -2.13. The van der Waals surface area contributed by atoms with Crippen LogP contribution in [-0.4, -0.2) is 12.4 Å². The third-order valence-electron chi connectivity index (χ3n) is 2.86. The van der Waals surface area contributed by atoms with Crippen molar-refractivity contribution >= 4 is 31.9 Å². The summed E-state index contributed by atoms with van der Waals surface area (Å²) in [6.45, 7) is 4.54. The number of methoxy groups -OCH3 is 1. The van der Waals surface area contributed by atoms with Gasteiger partial charge >= 0.3 is 0 Å². The molecule has 1 aromatic rings. The van der Waals surface area contributed by atoms with Gasteiger partial charge in [-0.15, -0.1) is 0 Å². The Hall–Kier alpha value is -0.0200. The second-order valence-corrected chi connectivity index (χ2v) is 5.83. The first kappa shape index (κ1) is 14.0. The highest BCUT2D eigenvalue weighted by Gasteiger charge is 2.13. The van der Waals surface area contributed by atoms with Crippen molar-refractivity contribution < 1.29 is 4.74 Å². The van der Waals surface area contributed by atoms with Crippen molar-refractivity contribution in [1.82, 2.24) is 0 Å². The van der Waals surface area contributed by atoms with Gasteiger partial charge in [-0.3, -0.25) is 0 Å². The van der Waals surface area contributed by atoms with Gasteiger partial charge in [-0.05, 0) is 51.9 Å². The molecule has 0 saturated heterocycles. The van der Waals surface area contributed by atoms with Crippen molar-refractivity contribution in [3.05, 3.63) is 28.2 Å². The molecule has 0 heterocycles. The molecule has 0 amide bonds. The van der Waals surface area contributed by atoms with Crippen molar-refractivity contribution in [2.75, 3.05) is 12.4 Å². The first-order valence-corrected chi connectivity index (χ1v) is 7.38. The molecule has 0 N–H and O–H groups in total. The van der Waals surface area contributed by atoms with E-state index < -0.39 is 0 Å². The summed E-state index contributed by atoms with van der Waals surface area (Å²) in [6.07, 6.45) is 1.10. The van der Waals surface area contributed by atoms with Gasteiger partial charge in [0.2, 0.25) is 0 Å². The normalized spacial score (nSPS) is 12.9. The lowest BCUT2D eigenvalue weighted by atomic mass is 9.91. The van der Waals surface area contributed by atoms with Gasteiger partial charge in [-0.1, -0.05) is 35.8 Å². The molecular weight excluding hydrogens is 332 g/mol. The Bertz CT molecular complexity index is 337. The zero-order valence-corrected chi connectivity index (χ0v) is 13.1. The summed E-state index contributed by atoms with van der Waals surface area (Å²) in [5, 5.41) is 1.05. The summed E-state index contributed by atoms with van der Waals surface area (Å²) in [7, 11) is 1.69. The molecule has 1 rings (SSSR count). The standard InChI is InChI=1S/C13H18Br2O/c1-9(2)11(8-14)6-10-4-5-13(16-3)12(15)7-10/h4-5,7,9,11H,6,8H2,1-3H3. The second kappa shape index (κ2) is 6.65. The highest BCUT2D eigenvalue weighted by Crippen LogP contribution is 2.28. The SMILES string of the molecule is COc1ccc(CC(CBr)C(C)C)cc1Br. The van der Waals surface area contributed by atoms with Gasteiger partial charge in [0.1, 0.15) is 5.75 Å². The monoisotopic (exact) mass is 348 g/mol. The van der Waals surface area contributed by atoms with E-state index in [9.17, 15) is 0 Å². The van der Waals surface area contributed by atoms with Gasteiger partial charge in [0, 0.05) is 5.33 Å². The van der Waals surface area contributed by atoms with Gasteiger partial charge < -0.3 is 4.74 Å². The second-order valence-electron chi connectivity index (χ2n) is 4.33. The van der Waals surface area contributed by atoms with E-state index in [0.29, 0.717) is 11.8 Å². The largest absolute Gasteiger partial charge is 0.496 e. The molecule has 1 nitrogen and oxygen atoms in total. The highest BCUT2D eigenvalue weighted by atomic mass is 79.9. The molecule has 0 bridgehead atoms. The Kier molecular flexibility index (Phi) is 5.84. The van der Waals surface area contributed by atoms with E-state index in [4.69, 9.17) is 4.74 Å². The maximum atomic E-state index is 5.22. The van der Waals surface area contributed by atoms with E-state index in [2.05, 4.69) is 57.8 Å². The van der Waals surface area contributed by atoms with E-state index in [0.717, 1.165) is 22.0 Å². The molecule has 90 valence electrons. The molecular formula is C13H18Br2O. The van der Waals surface area contributed by atoms with Gasteiger partial charge in [0.05, 0.1) is 11.6 Å². The molecule has 0 spiro atoms. The predicted octanol–water partition coefficient (Wildman–Crippen LogP) is 4.67. The van der Waals surface area contributed by atoms with Crippen LogP contribution in [0.2, 0.25) is 0 Å². The van der Waals surface area contributed by atoms with Crippen LogP contribution in [0.5, 0.6) is 5.75 Å². The van der Waals surface area contributed by atoms with E-state index in [1.807, 2.05) is 6.07 Å². The van der Waals surface area contributed by atoms with Gasteiger partial charge in [0.25, 0.3) is 0 Å². The molecule has 0 fully saturated rings. The number of ether oxygens (including phenoxy) is 1. The maximum Gasteiger partial charge on any atom is 0.133 e. The minimum atomic E-state index is 0.681. The molecule has 0 aromatic heterocycles. The van der Waals surface area contributed by atoms with Crippen molar-refractivity contribution in [2.45, 2.75) is 20.3 Å². The van der Waals surface area contributed by atoms with Crippen molar-refractivity contribution in [1.29, 1.82) is 0 Å². The molecule has 1 aromatic carbocycles. The van der Waals surface area contributed by atoms with Crippen molar-refractivity contribution in [2.24, 2.45) is 11.8 Å². The Morgan fingerprint density at radius 2 is 2.00 bits per heavy atom. The van der Waals surface area contributed by atoms with E-state index in [1.165, 1.54) is 5.56 Å². The molecule has 0 aliphatic rings. The molecule has 16 heavy (non-hydrogen) atoms. The Morgan fingerprint density at radius 1 is 1.31 bits per heavy atom. The van der Waals surface area contributed by atoms with Crippen molar-refractivity contribution in [3.8, 4) is 5.75 Å². The van der Waals surface area contributed by atoms with Crippen LogP contribution in [0, 0.1) is 11.8 Å². The molecule has 3 heteroatoms. The number of hydrogen-bond donors (Lipinski definition) is 0. The lowest BCUT2D eigenvalue weighted by Gasteiger charge is -2.18. The number of rotatable bonds is 5. The van der Waals surface area contributed by atoms with Crippen LogP contribution >= 0.6 is 31.9 Å². The minimum absolute atomic E-state index is 0.681. The molecule has 0 saturated carbocycles. The lowest BCUT2D eigenvalue weighted by molar-refractivity contribution is 0.410. The van der Waals surface area contributed by atoms with Crippen LogP contribution < -0.4 is 4.74 Å². The number of hydrogen-bond acceptors (Lipinski definition) is 1. The smallest absolute Gasteiger partial charge is 0.133 e. The van der Waals surface area contributed by atoms with Crippen molar-refractivity contribution in [3.63, 3.8) is 0 Å². The summed E-state index contributed by atoms with van der Waals surface area (Å²) in [5.74, 6) is 2.27. The van der Waals surface area contributed by atoms with Crippen LogP contribution in [0.3, 0.4) is 0 Å². The Morgan fingerprint density at radius 3 is 2.44 bits per heavy atom. The zero-order valence-electron chi connectivity index (χ0n) is 9.97. The van der Waals surface area contributed by atoms with Crippen LogP contribution in [0.4, 0.5) is 0 Å². The zero-order chi connectivity index (χ0) is 12.1. The molecule has 0 aliphatic carbocycles. The fourth-order valence-electron chi connectivity index (χ4n) is 1.61. The summed E-state index contributed by atoms with van der Waals surface area (Å²) >= 11 is 7.10. The first-order chi connectivity index (χ1) is 7.58. The molecule has 1 unspecified atom stereocenters. The predicted molar refractivity (Wildman–Crippen MR) is 76.5 cm³/mol. The van der Waals surface area contributed by atoms with Gasteiger partial charge in [-0.25, -0.2) is 0 Å². The van der Waals surface area contributed by atoms with E-state index in [1.54, 1.807) is 7.11 Å². The average molecular weight is 350 g/mol. The summed E-state index contributed by atoms with van der Waals surface area (Å²) in [4.78, 5) is 0. The third kappa shape index (κ3) is 3.77. The Balaban J connectivity index is 2.78.